The molecular weight excluding hydrogens is 337 g/mol. The number of carbonyl (C=O) groups is 2. The van der Waals surface area contributed by atoms with E-state index in [4.69, 9.17) is 4.74 Å². The van der Waals surface area contributed by atoms with Crippen LogP contribution in [-0.2, 0) is 16.0 Å². The summed E-state index contributed by atoms with van der Waals surface area (Å²) in [5.41, 5.74) is 1.74. The van der Waals surface area contributed by atoms with Gasteiger partial charge >= 0.3 is 6.18 Å². The van der Waals surface area contributed by atoms with Crippen LogP contribution >= 0.6 is 0 Å². The third-order valence-corrected chi connectivity index (χ3v) is 4.17. The molecule has 2 aromatic rings. The van der Waals surface area contributed by atoms with Crippen LogP contribution in [0.4, 0.5) is 13.2 Å². The number of nitrogens with one attached hydrogen (secondary N) is 1. The summed E-state index contributed by atoms with van der Waals surface area (Å²) in [5.74, 6) is -1.82. The van der Waals surface area contributed by atoms with Crippen molar-refractivity contribution in [3.05, 3.63) is 35.5 Å². The molecule has 0 radical (unpaired) electrons. The van der Waals surface area contributed by atoms with E-state index in [1.54, 1.807) is 18.2 Å². The summed E-state index contributed by atoms with van der Waals surface area (Å²) >= 11 is 0. The fraction of sp³-hybridized carbons (Fsp3) is 0.294. The van der Waals surface area contributed by atoms with Crippen molar-refractivity contribution in [2.75, 3.05) is 13.7 Å². The quantitative estimate of drug-likeness (QED) is 0.845. The van der Waals surface area contributed by atoms with Crippen LogP contribution < -0.4 is 4.74 Å². The second-order valence-corrected chi connectivity index (χ2v) is 5.70. The fourth-order valence-corrected chi connectivity index (χ4v) is 2.99. The number of alkyl halides is 3. The smallest absolute Gasteiger partial charge is 0.454 e. The zero-order valence-corrected chi connectivity index (χ0v) is 13.5. The molecule has 3 rings (SSSR count). The van der Waals surface area contributed by atoms with Gasteiger partial charge in [-0.2, -0.15) is 13.2 Å². The summed E-state index contributed by atoms with van der Waals surface area (Å²) in [6.07, 6.45) is -4.06. The summed E-state index contributed by atoms with van der Waals surface area (Å²) < 4.78 is 43.2. The van der Waals surface area contributed by atoms with Crippen molar-refractivity contribution in [3.8, 4) is 5.75 Å². The Hall–Kier alpha value is -2.77. The third kappa shape index (κ3) is 2.99. The fourth-order valence-electron chi connectivity index (χ4n) is 2.99. The van der Waals surface area contributed by atoms with Gasteiger partial charge in [0, 0.05) is 30.4 Å². The maximum absolute atomic E-state index is 12.7. The van der Waals surface area contributed by atoms with Crippen molar-refractivity contribution in [3.63, 3.8) is 0 Å². The third-order valence-electron chi connectivity index (χ3n) is 4.17. The number of halogens is 3. The number of aromatic nitrogens is 1. The summed E-state index contributed by atoms with van der Waals surface area (Å²) in [6, 6.07) is 5.24. The monoisotopic (exact) mass is 352 g/mol. The van der Waals surface area contributed by atoms with Crippen molar-refractivity contribution in [1.82, 2.24) is 9.88 Å². The van der Waals surface area contributed by atoms with Crippen LogP contribution in [-0.4, -0.2) is 41.4 Å². The number of hydrogen-bond donors (Lipinski definition) is 1. The molecule has 1 aromatic heterocycles. The largest absolute Gasteiger partial charge is 0.497 e. The van der Waals surface area contributed by atoms with Crippen LogP contribution in [0.3, 0.4) is 0 Å². The zero-order chi connectivity index (χ0) is 18.4. The highest BCUT2D eigenvalue weighted by Gasteiger charge is 2.38. The standard InChI is InChI=1S/C17H15F3N2O3/c1-9(23)22-6-5-11-12-7-10(25-2)3-4-13(12)21-16(11)14(22)8-15(24)17(18,19)20/h3-4,7-8,21H,5-6H2,1-2H3. The summed E-state index contributed by atoms with van der Waals surface area (Å²) in [7, 11) is 1.52. The molecule has 1 aliphatic rings. The van der Waals surface area contributed by atoms with E-state index < -0.39 is 17.9 Å². The number of methoxy groups -OCH3 is 1. The molecule has 8 heteroatoms. The Bertz CT molecular complexity index is 896. The molecule has 0 bridgehead atoms. The summed E-state index contributed by atoms with van der Waals surface area (Å²) in [4.78, 5) is 27.5. The molecule has 0 spiro atoms. The molecule has 0 saturated heterocycles. The van der Waals surface area contributed by atoms with E-state index in [2.05, 4.69) is 4.98 Å². The Labute approximate surface area is 141 Å². The first-order valence-electron chi connectivity index (χ1n) is 7.52. The van der Waals surface area contributed by atoms with E-state index in [1.165, 1.54) is 18.9 Å². The molecule has 1 aliphatic heterocycles. The average molecular weight is 352 g/mol. The second kappa shape index (κ2) is 5.94. The number of rotatable bonds is 2. The van der Waals surface area contributed by atoms with Crippen LogP contribution in [0.15, 0.2) is 24.3 Å². The number of benzene rings is 1. The lowest BCUT2D eigenvalue weighted by Gasteiger charge is -2.29. The Morgan fingerprint density at radius 1 is 1.32 bits per heavy atom. The predicted molar refractivity (Wildman–Crippen MR) is 85.0 cm³/mol. The topological polar surface area (TPSA) is 62.4 Å². The number of carbonyl (C=O) groups excluding carboxylic acids is 2. The Morgan fingerprint density at radius 3 is 2.64 bits per heavy atom. The molecule has 0 atom stereocenters. The van der Waals surface area contributed by atoms with Crippen LogP contribution in [0.1, 0.15) is 18.2 Å². The number of allylic oxidation sites excluding steroid dienone is 1. The molecule has 0 saturated carbocycles. The molecule has 1 aromatic carbocycles. The maximum Gasteiger partial charge on any atom is 0.454 e. The van der Waals surface area contributed by atoms with Gasteiger partial charge in [0.15, 0.2) is 0 Å². The van der Waals surface area contributed by atoms with E-state index in [0.717, 1.165) is 10.9 Å². The van der Waals surface area contributed by atoms with Crippen molar-refractivity contribution >= 4 is 28.3 Å². The molecular formula is C17H15F3N2O3. The van der Waals surface area contributed by atoms with E-state index in [9.17, 15) is 22.8 Å². The lowest BCUT2D eigenvalue weighted by atomic mass is 9.99. The lowest BCUT2D eigenvalue weighted by Crippen LogP contribution is -2.34. The highest BCUT2D eigenvalue weighted by Crippen LogP contribution is 2.36. The molecule has 0 unspecified atom stereocenters. The normalized spacial score (nSPS) is 16.2. The van der Waals surface area contributed by atoms with Crippen molar-refractivity contribution in [1.29, 1.82) is 0 Å². The van der Waals surface area contributed by atoms with E-state index in [1.807, 2.05) is 0 Å². The number of fused-ring (bicyclic) bond motifs is 3. The maximum atomic E-state index is 12.7. The molecule has 2 heterocycles. The van der Waals surface area contributed by atoms with Crippen molar-refractivity contribution in [2.45, 2.75) is 19.5 Å². The Balaban J connectivity index is 2.20. The van der Waals surface area contributed by atoms with E-state index in [0.29, 0.717) is 29.5 Å². The first-order valence-corrected chi connectivity index (χ1v) is 7.52. The molecule has 0 aliphatic carbocycles. The number of hydrogen-bond acceptors (Lipinski definition) is 3. The van der Waals surface area contributed by atoms with Gasteiger partial charge < -0.3 is 14.6 Å². The van der Waals surface area contributed by atoms with Gasteiger partial charge in [0.25, 0.3) is 5.78 Å². The van der Waals surface area contributed by atoms with Gasteiger partial charge in [0.05, 0.1) is 18.5 Å². The van der Waals surface area contributed by atoms with Crippen LogP contribution in [0.5, 0.6) is 5.75 Å². The number of nitrogens with zero attached hydrogens (tertiary/aromatic N) is 1. The first kappa shape index (κ1) is 17.1. The first-order chi connectivity index (χ1) is 11.7. The lowest BCUT2D eigenvalue weighted by molar-refractivity contribution is -0.165. The highest BCUT2D eigenvalue weighted by atomic mass is 19.4. The molecule has 0 fully saturated rings. The number of amides is 1. The molecule has 1 amide bonds. The van der Waals surface area contributed by atoms with Crippen LogP contribution in [0.25, 0.3) is 16.6 Å². The minimum atomic E-state index is -5.00. The number of aromatic amines is 1. The van der Waals surface area contributed by atoms with Gasteiger partial charge in [0.1, 0.15) is 5.75 Å². The number of ketones is 1. The van der Waals surface area contributed by atoms with Gasteiger partial charge in [-0.25, -0.2) is 0 Å². The average Bonchev–Trinajstić information content (AvgIpc) is 2.92. The van der Waals surface area contributed by atoms with Crippen LogP contribution in [0, 0.1) is 0 Å². The number of H-pyrrole nitrogens is 1. The summed E-state index contributed by atoms with van der Waals surface area (Å²) in [6.45, 7) is 1.45. The van der Waals surface area contributed by atoms with Gasteiger partial charge in [-0.05, 0) is 30.2 Å². The van der Waals surface area contributed by atoms with E-state index in [-0.39, 0.29) is 12.2 Å². The molecule has 132 valence electrons. The number of ether oxygens (including phenoxy) is 1. The SMILES string of the molecule is COc1ccc2[nH]c3c(c2c1)CCN(C(C)=O)C3=CC(=O)C(F)(F)F. The van der Waals surface area contributed by atoms with Gasteiger partial charge in [0.2, 0.25) is 5.91 Å². The molecule has 1 N–H and O–H groups in total. The highest BCUT2D eigenvalue weighted by molar-refractivity contribution is 6.04. The van der Waals surface area contributed by atoms with Crippen molar-refractivity contribution < 1.29 is 27.5 Å². The van der Waals surface area contributed by atoms with Gasteiger partial charge in [-0.1, -0.05) is 0 Å². The van der Waals surface area contributed by atoms with Crippen LogP contribution in [0.2, 0.25) is 0 Å². The summed E-state index contributed by atoms with van der Waals surface area (Å²) in [5, 5.41) is 0.794. The van der Waals surface area contributed by atoms with Gasteiger partial charge in [-0.15, -0.1) is 0 Å². The Morgan fingerprint density at radius 2 is 2.04 bits per heavy atom. The zero-order valence-electron chi connectivity index (χ0n) is 13.5. The predicted octanol–water partition coefficient (Wildman–Crippen LogP) is 3.05. The van der Waals surface area contributed by atoms with E-state index >= 15 is 0 Å². The molecule has 25 heavy (non-hydrogen) atoms. The minimum Gasteiger partial charge on any atom is -0.497 e. The minimum absolute atomic E-state index is 0.0637. The molecule has 5 nitrogen and oxygen atoms in total. The second-order valence-electron chi connectivity index (χ2n) is 5.70. The van der Waals surface area contributed by atoms with Crippen molar-refractivity contribution in [2.24, 2.45) is 0 Å². The Kier molecular flexibility index (Phi) is 4.06. The van der Waals surface area contributed by atoms with Gasteiger partial charge in [-0.3, -0.25) is 9.59 Å².